The number of rotatable bonds is 10. The molecule has 2 rings (SSSR count). The molecule has 0 bridgehead atoms. The van der Waals surface area contributed by atoms with Crippen LogP contribution in [0.5, 0.6) is 0 Å². The van der Waals surface area contributed by atoms with Gasteiger partial charge in [-0.2, -0.15) is 0 Å². The van der Waals surface area contributed by atoms with Crippen LogP contribution in [0.25, 0.3) is 0 Å². The second-order valence-corrected chi connectivity index (χ2v) is 21.4. The molecular weight excluding hydrogens is 447 g/mol. The SMILES string of the molecule is CCC[CH2][Sn]([CH2]CCC)([C](=S)c1ccccc1)[C](=S)c1ccccc1. The molecule has 0 atom stereocenters. The van der Waals surface area contributed by atoms with E-state index in [1.807, 2.05) is 0 Å². The minimum absolute atomic E-state index is 1.21. The van der Waals surface area contributed by atoms with E-state index < -0.39 is 18.4 Å². The molecule has 0 unspecified atom stereocenters. The van der Waals surface area contributed by atoms with Crippen molar-refractivity contribution in [2.45, 2.75) is 48.4 Å². The van der Waals surface area contributed by atoms with E-state index >= 15 is 0 Å². The van der Waals surface area contributed by atoms with Crippen molar-refractivity contribution in [3.05, 3.63) is 71.8 Å². The zero-order valence-corrected chi connectivity index (χ0v) is 19.8. The van der Waals surface area contributed by atoms with Gasteiger partial charge in [0.25, 0.3) is 0 Å². The third-order valence-electron chi connectivity index (χ3n) is 4.86. The summed E-state index contributed by atoms with van der Waals surface area (Å²) < 4.78 is 4.94. The molecule has 0 saturated carbocycles. The van der Waals surface area contributed by atoms with E-state index in [2.05, 4.69) is 74.5 Å². The number of hydrogen-bond donors (Lipinski definition) is 0. The van der Waals surface area contributed by atoms with Crippen LogP contribution in [0, 0.1) is 0 Å². The molecule has 2 aromatic carbocycles. The van der Waals surface area contributed by atoms with Gasteiger partial charge in [-0.1, -0.05) is 0 Å². The molecule has 0 heterocycles. The van der Waals surface area contributed by atoms with Gasteiger partial charge in [-0.05, 0) is 0 Å². The summed E-state index contributed by atoms with van der Waals surface area (Å²) >= 11 is 9.31. The van der Waals surface area contributed by atoms with Crippen LogP contribution in [0.3, 0.4) is 0 Å². The van der Waals surface area contributed by atoms with Gasteiger partial charge in [-0.15, -0.1) is 0 Å². The first kappa shape index (κ1) is 20.7. The van der Waals surface area contributed by atoms with E-state index in [-0.39, 0.29) is 0 Å². The van der Waals surface area contributed by atoms with Crippen molar-refractivity contribution in [2.75, 3.05) is 0 Å². The normalized spacial score (nSPS) is 11.3. The first-order valence-corrected chi connectivity index (χ1v) is 17.1. The average molecular weight is 475 g/mol. The van der Waals surface area contributed by atoms with Crippen molar-refractivity contribution in [1.29, 1.82) is 0 Å². The predicted octanol–water partition coefficient (Wildman–Crippen LogP) is 6.95. The van der Waals surface area contributed by atoms with Gasteiger partial charge in [-0.25, -0.2) is 0 Å². The van der Waals surface area contributed by atoms with Gasteiger partial charge < -0.3 is 0 Å². The molecule has 3 heteroatoms. The average Bonchev–Trinajstić information content (AvgIpc) is 2.69. The molecule has 132 valence electrons. The summed E-state index contributed by atoms with van der Waals surface area (Å²) in [5.74, 6) is 0. The predicted molar refractivity (Wildman–Crippen MR) is 121 cm³/mol. The molecule has 0 N–H and O–H groups in total. The Morgan fingerprint density at radius 2 is 1.04 bits per heavy atom. The Morgan fingerprint density at radius 1 is 0.680 bits per heavy atom. The quantitative estimate of drug-likeness (QED) is 0.270. The van der Waals surface area contributed by atoms with Crippen LogP contribution < -0.4 is 0 Å². The van der Waals surface area contributed by atoms with Crippen LogP contribution in [0.15, 0.2) is 60.7 Å². The number of benzene rings is 2. The fraction of sp³-hybridized carbons (Fsp3) is 0.364. The fourth-order valence-corrected chi connectivity index (χ4v) is 21.6. The molecule has 0 fully saturated rings. The van der Waals surface area contributed by atoms with Crippen molar-refractivity contribution >= 4 is 48.6 Å². The first-order valence-electron chi connectivity index (χ1n) is 9.35. The van der Waals surface area contributed by atoms with Crippen LogP contribution in [0.1, 0.15) is 50.7 Å². The van der Waals surface area contributed by atoms with E-state index in [1.165, 1.54) is 51.4 Å². The standard InChI is InChI=1S/2C7H5S.2C4H9.Sn/c2*8-6-7-4-2-1-3-5-7;2*1-3-4-2;/h2*1-5H;2*1,3-4H2,2H3;. The summed E-state index contributed by atoms with van der Waals surface area (Å²) in [7, 11) is 0. The molecule has 0 aliphatic rings. The zero-order valence-electron chi connectivity index (χ0n) is 15.3. The molecule has 0 nitrogen and oxygen atoms in total. The Labute approximate surface area is 167 Å². The van der Waals surface area contributed by atoms with Crippen molar-refractivity contribution in [2.24, 2.45) is 0 Å². The van der Waals surface area contributed by atoms with E-state index in [0.29, 0.717) is 0 Å². The van der Waals surface area contributed by atoms with Crippen LogP contribution in [0.2, 0.25) is 8.87 Å². The molecule has 0 aliphatic heterocycles. The van der Waals surface area contributed by atoms with Crippen molar-refractivity contribution in [1.82, 2.24) is 0 Å². The van der Waals surface area contributed by atoms with Gasteiger partial charge in [0.05, 0.1) is 0 Å². The molecule has 0 spiro atoms. The van der Waals surface area contributed by atoms with Crippen LogP contribution in [-0.2, 0) is 0 Å². The zero-order chi connectivity index (χ0) is 18.1. The van der Waals surface area contributed by atoms with Gasteiger partial charge in [0.15, 0.2) is 0 Å². The molecule has 0 aromatic heterocycles. The Balaban J connectivity index is 2.50. The Bertz CT molecular complexity index is 618. The molecule has 0 aliphatic carbocycles. The summed E-state index contributed by atoms with van der Waals surface area (Å²) in [6.45, 7) is 4.54. The number of unbranched alkanes of at least 4 members (excludes halogenated alkanes) is 2. The molecular formula is C22H28S2Sn. The number of hydrogen-bond acceptors (Lipinski definition) is 2. The summed E-state index contributed by atoms with van der Waals surface area (Å²) in [6.07, 6.45) is 4.89. The van der Waals surface area contributed by atoms with Gasteiger partial charge in [-0.3, -0.25) is 0 Å². The summed E-state index contributed by atoms with van der Waals surface area (Å²) in [6, 6.07) is 21.3. The van der Waals surface area contributed by atoms with Crippen LogP contribution in [0.4, 0.5) is 0 Å². The molecule has 25 heavy (non-hydrogen) atoms. The van der Waals surface area contributed by atoms with Crippen molar-refractivity contribution in [3.8, 4) is 0 Å². The minimum atomic E-state index is -3.01. The Morgan fingerprint density at radius 3 is 1.36 bits per heavy atom. The molecule has 0 amide bonds. The molecule has 0 saturated heterocycles. The topological polar surface area (TPSA) is 0 Å². The summed E-state index contributed by atoms with van der Waals surface area (Å²) in [5, 5.41) is 0. The molecule has 2 aromatic rings. The van der Waals surface area contributed by atoms with Crippen LogP contribution >= 0.6 is 24.4 Å². The third-order valence-corrected chi connectivity index (χ3v) is 24.1. The number of thiocarbonyl (C=S) groups is 2. The van der Waals surface area contributed by atoms with E-state index in [0.717, 1.165) is 0 Å². The van der Waals surface area contributed by atoms with Gasteiger partial charge in [0.2, 0.25) is 0 Å². The summed E-state index contributed by atoms with van der Waals surface area (Å²) in [5.41, 5.74) is 2.47. The van der Waals surface area contributed by atoms with E-state index in [9.17, 15) is 0 Å². The van der Waals surface area contributed by atoms with Crippen LogP contribution in [-0.4, -0.2) is 24.1 Å². The second kappa shape index (κ2) is 10.5. The Hall–Kier alpha value is -0.581. The van der Waals surface area contributed by atoms with E-state index in [4.69, 9.17) is 24.4 Å². The summed E-state index contributed by atoms with van der Waals surface area (Å²) in [4.78, 5) is 0. The monoisotopic (exact) mass is 476 g/mol. The Kier molecular flexibility index (Phi) is 8.74. The third kappa shape index (κ3) is 5.21. The first-order chi connectivity index (χ1) is 12.2. The maximum atomic E-state index is 6.16. The maximum absolute atomic E-state index is 6.16. The second-order valence-electron chi connectivity index (χ2n) is 6.68. The van der Waals surface area contributed by atoms with Crippen molar-refractivity contribution in [3.63, 3.8) is 0 Å². The van der Waals surface area contributed by atoms with Gasteiger partial charge >= 0.3 is 169 Å². The van der Waals surface area contributed by atoms with Gasteiger partial charge in [0.1, 0.15) is 0 Å². The molecule has 0 radical (unpaired) electrons. The fourth-order valence-electron chi connectivity index (χ4n) is 3.37. The van der Waals surface area contributed by atoms with Crippen molar-refractivity contribution < 1.29 is 0 Å². The van der Waals surface area contributed by atoms with E-state index in [1.54, 1.807) is 0 Å². The van der Waals surface area contributed by atoms with Gasteiger partial charge in [0, 0.05) is 0 Å².